The van der Waals surface area contributed by atoms with Crippen LogP contribution in [0, 0.1) is 5.82 Å². The van der Waals surface area contributed by atoms with Gasteiger partial charge in [0.2, 0.25) is 10.0 Å². The maximum Gasteiger partial charge on any atom is 0.209 e. The van der Waals surface area contributed by atoms with E-state index in [9.17, 15) is 12.8 Å². The van der Waals surface area contributed by atoms with E-state index in [4.69, 9.17) is 5.14 Å². The molecule has 0 spiro atoms. The van der Waals surface area contributed by atoms with Crippen LogP contribution in [0.4, 0.5) is 4.39 Å². The van der Waals surface area contributed by atoms with Gasteiger partial charge < -0.3 is 10.2 Å². The van der Waals surface area contributed by atoms with Gasteiger partial charge in [-0.1, -0.05) is 12.2 Å². The van der Waals surface area contributed by atoms with Crippen LogP contribution >= 0.6 is 0 Å². The summed E-state index contributed by atoms with van der Waals surface area (Å²) in [6, 6.07) is 3.13. The molecule has 1 aliphatic carbocycles. The predicted octanol–water partition coefficient (Wildman–Crippen LogP) is 1.67. The molecule has 31 heavy (non-hydrogen) atoms. The number of hydrogen-bond acceptors (Lipinski definition) is 6. The summed E-state index contributed by atoms with van der Waals surface area (Å²) in [7, 11) is -1.51. The lowest BCUT2D eigenvalue weighted by molar-refractivity contribution is 0.468. The second-order valence-electron chi connectivity index (χ2n) is 8.37. The summed E-state index contributed by atoms with van der Waals surface area (Å²) in [6.45, 7) is 1.33. The molecule has 9 heteroatoms. The molecule has 0 saturated carbocycles. The smallest absolute Gasteiger partial charge is 0.209 e. The molecule has 1 aromatic carbocycles. The first-order chi connectivity index (χ1) is 14.8. The molecule has 0 bridgehead atoms. The van der Waals surface area contributed by atoms with Gasteiger partial charge >= 0.3 is 0 Å². The lowest BCUT2D eigenvalue weighted by atomic mass is 9.86. The number of nitrogens with zero attached hydrogens (tertiary/aromatic N) is 2. The Morgan fingerprint density at radius 2 is 2.16 bits per heavy atom. The van der Waals surface area contributed by atoms with Crippen molar-refractivity contribution in [3.05, 3.63) is 69.8 Å². The minimum Gasteiger partial charge on any atom is -0.375 e. The van der Waals surface area contributed by atoms with Crippen molar-refractivity contribution in [3.63, 3.8) is 0 Å². The minimum absolute atomic E-state index is 0.0223. The number of hydrogen-bond donors (Lipinski definition) is 3. The maximum atomic E-state index is 14.4. The van der Waals surface area contributed by atoms with Crippen LogP contribution in [0.3, 0.4) is 0 Å². The molecule has 4 aliphatic rings. The number of allylic oxidation sites excluding steroid dienone is 2. The highest BCUT2D eigenvalue weighted by atomic mass is 32.2. The van der Waals surface area contributed by atoms with E-state index in [1.807, 2.05) is 25.4 Å². The van der Waals surface area contributed by atoms with Crippen LogP contribution in [-0.4, -0.2) is 51.0 Å². The van der Waals surface area contributed by atoms with Gasteiger partial charge in [-0.05, 0) is 47.8 Å². The maximum absolute atomic E-state index is 14.4. The first-order valence-corrected chi connectivity index (χ1v) is 11.9. The third-order valence-electron chi connectivity index (χ3n) is 6.08. The molecule has 3 heterocycles. The van der Waals surface area contributed by atoms with E-state index < -0.39 is 10.0 Å². The number of sulfonamides is 1. The fourth-order valence-corrected chi connectivity index (χ4v) is 5.27. The Morgan fingerprint density at radius 1 is 1.32 bits per heavy atom. The van der Waals surface area contributed by atoms with Crippen molar-refractivity contribution >= 4 is 27.4 Å². The summed E-state index contributed by atoms with van der Waals surface area (Å²) in [5.74, 6) is -0.330. The minimum atomic E-state index is -3.50. The molecule has 4 N–H and O–H groups in total. The summed E-state index contributed by atoms with van der Waals surface area (Å²) in [5.41, 5.74) is 10.6. The fraction of sp³-hybridized carbons (Fsp3) is 0.318. The zero-order valence-electron chi connectivity index (χ0n) is 17.2. The van der Waals surface area contributed by atoms with Crippen molar-refractivity contribution in [2.45, 2.75) is 18.9 Å². The lowest BCUT2D eigenvalue weighted by Crippen LogP contribution is -2.37. The molecule has 0 saturated heterocycles. The van der Waals surface area contributed by atoms with Crippen molar-refractivity contribution in [2.75, 3.05) is 25.9 Å². The van der Waals surface area contributed by atoms with Gasteiger partial charge in [0.05, 0.1) is 17.2 Å². The molecule has 162 valence electrons. The van der Waals surface area contributed by atoms with Crippen molar-refractivity contribution < 1.29 is 12.8 Å². The zero-order chi connectivity index (χ0) is 21.8. The molecule has 0 fully saturated rings. The largest absolute Gasteiger partial charge is 0.375 e. The Labute approximate surface area is 180 Å². The third kappa shape index (κ3) is 3.84. The normalized spacial score (nSPS) is 22.2. The van der Waals surface area contributed by atoms with E-state index in [0.29, 0.717) is 25.9 Å². The number of fused-ring (bicyclic) bond motifs is 2. The van der Waals surface area contributed by atoms with Crippen molar-refractivity contribution in [2.24, 2.45) is 10.2 Å². The summed E-state index contributed by atoms with van der Waals surface area (Å²) in [6.07, 6.45) is 9.08. The molecule has 0 radical (unpaired) electrons. The Hall–Kier alpha value is -2.75. The Kier molecular flexibility index (Phi) is 4.84. The van der Waals surface area contributed by atoms with Crippen LogP contribution in [0.1, 0.15) is 29.5 Å². The average Bonchev–Trinajstić information content (AvgIpc) is 3.05. The van der Waals surface area contributed by atoms with Crippen LogP contribution in [0.5, 0.6) is 0 Å². The topological polar surface area (TPSA) is 99.8 Å². The molecule has 1 unspecified atom stereocenters. The zero-order valence-corrected chi connectivity index (χ0v) is 18.0. The number of primary sulfonamides is 1. The van der Waals surface area contributed by atoms with E-state index in [2.05, 4.69) is 26.8 Å². The quantitative estimate of drug-likeness (QED) is 0.660. The van der Waals surface area contributed by atoms with Crippen LogP contribution in [0.25, 0.3) is 11.6 Å². The molecular formula is C22H24FN5O2S. The summed E-state index contributed by atoms with van der Waals surface area (Å²) in [4.78, 5) is 2.09. The number of rotatable bonds is 4. The van der Waals surface area contributed by atoms with Gasteiger partial charge in [-0.3, -0.25) is 5.43 Å². The van der Waals surface area contributed by atoms with Crippen LogP contribution in [-0.2, 0) is 10.0 Å². The van der Waals surface area contributed by atoms with E-state index >= 15 is 0 Å². The monoisotopic (exact) mass is 441 g/mol. The number of nitrogens with two attached hydrogens (primary N) is 1. The van der Waals surface area contributed by atoms with Gasteiger partial charge in [0.25, 0.3) is 0 Å². The molecule has 0 aromatic heterocycles. The van der Waals surface area contributed by atoms with Crippen LogP contribution in [0.2, 0.25) is 0 Å². The van der Waals surface area contributed by atoms with Gasteiger partial charge in [-0.25, -0.2) is 17.9 Å². The summed E-state index contributed by atoms with van der Waals surface area (Å²) < 4.78 is 37.2. The molecular weight excluding hydrogens is 417 g/mol. The first-order valence-electron chi connectivity index (χ1n) is 10.2. The SMILES string of the molecule is CN1C=C2C(=C(C3=CCNC(CCS(N)(=O)=O)C3)C1)NN=C1C=Cc3cc(F)cc2c31. The second kappa shape index (κ2) is 7.44. The standard InChI is InChI=1S/C22H24FN5O2S/c1-28-11-18(13-4-6-25-16(9-13)5-7-31(24,29)30)22-19(12-28)17-10-15(23)8-14-2-3-20(21(14)17)26-27-22/h2-4,8,10,12,16,25,27H,5-7,9,11H2,1H3,(H2,24,29,30). The predicted molar refractivity (Wildman–Crippen MR) is 120 cm³/mol. The van der Waals surface area contributed by atoms with Crippen molar-refractivity contribution in [1.29, 1.82) is 0 Å². The molecule has 5 rings (SSSR count). The average molecular weight is 442 g/mol. The van der Waals surface area contributed by atoms with E-state index in [-0.39, 0.29) is 17.6 Å². The Morgan fingerprint density at radius 3 is 2.97 bits per heavy atom. The Balaban J connectivity index is 1.54. The first kappa shape index (κ1) is 20.2. The number of halogens is 1. The third-order valence-corrected chi connectivity index (χ3v) is 6.88. The Bertz CT molecular complexity index is 1230. The van der Waals surface area contributed by atoms with Gasteiger partial charge in [0.15, 0.2) is 0 Å². The van der Waals surface area contributed by atoms with Crippen LogP contribution < -0.4 is 15.9 Å². The van der Waals surface area contributed by atoms with Gasteiger partial charge in [-0.15, -0.1) is 0 Å². The number of hydrazone groups is 1. The second-order valence-corrected chi connectivity index (χ2v) is 10.1. The lowest BCUT2D eigenvalue weighted by Gasteiger charge is -2.32. The highest BCUT2D eigenvalue weighted by molar-refractivity contribution is 7.89. The summed E-state index contributed by atoms with van der Waals surface area (Å²) >= 11 is 0. The van der Waals surface area contributed by atoms with Gasteiger partial charge in [-0.2, -0.15) is 5.10 Å². The van der Waals surface area contributed by atoms with Gasteiger partial charge in [0.1, 0.15) is 5.82 Å². The number of benzene rings is 1. The summed E-state index contributed by atoms with van der Waals surface area (Å²) in [5, 5.41) is 13.1. The molecule has 7 nitrogen and oxygen atoms in total. The van der Waals surface area contributed by atoms with Crippen molar-refractivity contribution in [1.82, 2.24) is 15.6 Å². The van der Waals surface area contributed by atoms with E-state index in [0.717, 1.165) is 44.8 Å². The number of nitrogens with one attached hydrogen (secondary N) is 2. The molecule has 1 atom stereocenters. The van der Waals surface area contributed by atoms with Gasteiger partial charge in [0, 0.05) is 49.1 Å². The molecule has 3 aliphatic heterocycles. The van der Waals surface area contributed by atoms with Crippen LogP contribution in [0.15, 0.2) is 52.4 Å². The highest BCUT2D eigenvalue weighted by Gasteiger charge is 2.31. The highest BCUT2D eigenvalue weighted by Crippen LogP contribution is 2.39. The number of likely N-dealkylation sites (N-methyl/N-ethyl adjacent to an activating group) is 1. The molecule has 1 aromatic rings. The fourth-order valence-electron chi connectivity index (χ4n) is 4.66. The van der Waals surface area contributed by atoms with Crippen molar-refractivity contribution in [3.8, 4) is 0 Å². The van der Waals surface area contributed by atoms with E-state index in [1.54, 1.807) is 6.07 Å². The van der Waals surface area contributed by atoms with E-state index in [1.165, 1.54) is 6.07 Å². The molecule has 0 amide bonds.